The van der Waals surface area contributed by atoms with Gasteiger partial charge in [0, 0.05) is 24.7 Å². The quantitative estimate of drug-likeness (QED) is 0.829. The summed E-state index contributed by atoms with van der Waals surface area (Å²) in [7, 11) is 5.07. The Bertz CT molecular complexity index is 910. The SMILES string of the molecule is COc1cc2c(cc1OC)CN1CCc3cc4c(c(OC)c3C1C2)OCO4. The Balaban J connectivity index is 1.61. The van der Waals surface area contributed by atoms with E-state index in [1.807, 2.05) is 0 Å². The highest BCUT2D eigenvalue weighted by Gasteiger charge is 2.38. The van der Waals surface area contributed by atoms with Crippen molar-refractivity contribution < 1.29 is 23.7 Å². The Morgan fingerprint density at radius 2 is 1.70 bits per heavy atom. The van der Waals surface area contributed by atoms with Crippen LogP contribution in [0.25, 0.3) is 0 Å². The molecule has 0 fully saturated rings. The maximum atomic E-state index is 5.80. The highest BCUT2D eigenvalue weighted by atomic mass is 16.7. The van der Waals surface area contributed by atoms with Gasteiger partial charge in [0.15, 0.2) is 23.0 Å². The average Bonchev–Trinajstić information content (AvgIpc) is 3.17. The molecule has 0 saturated carbocycles. The number of nitrogens with zero attached hydrogens (tertiary/aromatic N) is 1. The first-order valence-electron chi connectivity index (χ1n) is 9.20. The van der Waals surface area contributed by atoms with E-state index in [0.717, 1.165) is 54.7 Å². The van der Waals surface area contributed by atoms with Crippen molar-refractivity contribution in [3.63, 3.8) is 0 Å². The van der Waals surface area contributed by atoms with Gasteiger partial charge in [0.1, 0.15) is 0 Å². The van der Waals surface area contributed by atoms with Crippen molar-refractivity contribution >= 4 is 0 Å². The Morgan fingerprint density at radius 3 is 2.44 bits per heavy atom. The summed E-state index contributed by atoms with van der Waals surface area (Å²) >= 11 is 0. The van der Waals surface area contributed by atoms with Crippen LogP contribution < -0.4 is 23.7 Å². The van der Waals surface area contributed by atoms with Crippen LogP contribution in [0.2, 0.25) is 0 Å². The van der Waals surface area contributed by atoms with Crippen molar-refractivity contribution in [3.05, 3.63) is 40.5 Å². The lowest BCUT2D eigenvalue weighted by Crippen LogP contribution is -2.39. The van der Waals surface area contributed by atoms with E-state index in [1.165, 1.54) is 22.3 Å². The molecule has 142 valence electrons. The zero-order chi connectivity index (χ0) is 18.5. The van der Waals surface area contributed by atoms with Crippen LogP contribution in [0.3, 0.4) is 0 Å². The zero-order valence-corrected chi connectivity index (χ0v) is 15.8. The number of fused-ring (bicyclic) bond motifs is 5. The van der Waals surface area contributed by atoms with Gasteiger partial charge in [0.05, 0.1) is 21.3 Å². The average molecular weight is 369 g/mol. The lowest BCUT2D eigenvalue weighted by atomic mass is 9.83. The summed E-state index contributed by atoms with van der Waals surface area (Å²) < 4.78 is 28.1. The summed E-state index contributed by atoms with van der Waals surface area (Å²) in [5.41, 5.74) is 5.11. The number of hydrogen-bond donors (Lipinski definition) is 0. The van der Waals surface area contributed by atoms with Crippen LogP contribution in [0.4, 0.5) is 0 Å². The van der Waals surface area contributed by atoms with Crippen molar-refractivity contribution in [2.24, 2.45) is 0 Å². The van der Waals surface area contributed by atoms with E-state index in [9.17, 15) is 0 Å². The molecule has 0 bridgehead atoms. The lowest BCUT2D eigenvalue weighted by molar-refractivity contribution is 0.155. The van der Waals surface area contributed by atoms with Crippen LogP contribution in [-0.4, -0.2) is 39.6 Å². The van der Waals surface area contributed by atoms with Gasteiger partial charge in [-0.2, -0.15) is 0 Å². The van der Waals surface area contributed by atoms with E-state index in [4.69, 9.17) is 23.7 Å². The highest BCUT2D eigenvalue weighted by molar-refractivity contribution is 5.62. The van der Waals surface area contributed by atoms with Gasteiger partial charge in [-0.25, -0.2) is 0 Å². The van der Waals surface area contributed by atoms with Crippen LogP contribution in [-0.2, 0) is 19.4 Å². The van der Waals surface area contributed by atoms with Gasteiger partial charge in [0.25, 0.3) is 0 Å². The highest BCUT2D eigenvalue weighted by Crippen LogP contribution is 2.51. The van der Waals surface area contributed by atoms with Crippen LogP contribution in [0.15, 0.2) is 18.2 Å². The van der Waals surface area contributed by atoms with Crippen molar-refractivity contribution in [2.75, 3.05) is 34.7 Å². The van der Waals surface area contributed by atoms with Crippen molar-refractivity contribution in [1.82, 2.24) is 4.90 Å². The molecule has 6 heteroatoms. The number of hydrogen-bond acceptors (Lipinski definition) is 6. The minimum absolute atomic E-state index is 0.253. The predicted molar refractivity (Wildman–Crippen MR) is 99.2 cm³/mol. The van der Waals surface area contributed by atoms with Crippen molar-refractivity contribution in [2.45, 2.75) is 25.4 Å². The maximum absolute atomic E-state index is 5.80. The second-order valence-electron chi connectivity index (χ2n) is 7.13. The van der Waals surface area contributed by atoms with E-state index in [2.05, 4.69) is 23.1 Å². The van der Waals surface area contributed by atoms with E-state index >= 15 is 0 Å². The summed E-state index contributed by atoms with van der Waals surface area (Å²) in [6.45, 7) is 2.15. The van der Waals surface area contributed by atoms with Crippen LogP contribution in [0.5, 0.6) is 28.7 Å². The third kappa shape index (κ3) is 2.43. The Kier molecular flexibility index (Phi) is 3.82. The van der Waals surface area contributed by atoms with E-state index in [-0.39, 0.29) is 12.8 Å². The molecular formula is C21H23NO5. The van der Waals surface area contributed by atoms with Gasteiger partial charge in [-0.1, -0.05) is 0 Å². The number of benzene rings is 2. The first-order valence-corrected chi connectivity index (χ1v) is 9.20. The van der Waals surface area contributed by atoms with Gasteiger partial charge in [-0.15, -0.1) is 0 Å². The minimum atomic E-state index is 0.253. The molecule has 3 aliphatic rings. The molecule has 1 atom stereocenters. The third-order valence-electron chi connectivity index (χ3n) is 5.88. The predicted octanol–water partition coefficient (Wildman–Crippen LogP) is 3.10. The summed E-state index contributed by atoms with van der Waals surface area (Å²) in [5.74, 6) is 3.91. The fraction of sp³-hybridized carbons (Fsp3) is 0.429. The molecule has 2 aromatic rings. The van der Waals surface area contributed by atoms with Gasteiger partial charge in [-0.3, -0.25) is 4.90 Å². The molecule has 0 amide bonds. The number of rotatable bonds is 3. The molecule has 0 saturated heterocycles. The minimum Gasteiger partial charge on any atom is -0.493 e. The molecule has 6 nitrogen and oxygen atoms in total. The van der Waals surface area contributed by atoms with Crippen LogP contribution in [0, 0.1) is 0 Å². The lowest BCUT2D eigenvalue weighted by Gasteiger charge is -2.42. The smallest absolute Gasteiger partial charge is 0.231 e. The molecule has 3 heterocycles. The zero-order valence-electron chi connectivity index (χ0n) is 15.8. The topological polar surface area (TPSA) is 49.4 Å². The summed E-state index contributed by atoms with van der Waals surface area (Å²) in [4.78, 5) is 2.52. The van der Waals surface area contributed by atoms with E-state index in [1.54, 1.807) is 21.3 Å². The van der Waals surface area contributed by atoms with Gasteiger partial charge < -0.3 is 23.7 Å². The fourth-order valence-electron chi connectivity index (χ4n) is 4.60. The monoisotopic (exact) mass is 369 g/mol. The largest absolute Gasteiger partial charge is 0.493 e. The molecule has 1 unspecified atom stereocenters. The van der Waals surface area contributed by atoms with Crippen LogP contribution >= 0.6 is 0 Å². The van der Waals surface area contributed by atoms with Crippen molar-refractivity contribution in [1.29, 1.82) is 0 Å². The normalized spacial score (nSPS) is 19.7. The molecule has 0 aliphatic carbocycles. The molecule has 0 radical (unpaired) electrons. The van der Waals surface area contributed by atoms with Gasteiger partial charge in [0.2, 0.25) is 12.5 Å². The first kappa shape index (κ1) is 16.6. The molecule has 5 rings (SSSR count). The first-order chi connectivity index (χ1) is 13.2. The summed E-state index contributed by atoms with van der Waals surface area (Å²) in [6, 6.07) is 6.60. The molecule has 2 aromatic carbocycles. The number of ether oxygens (including phenoxy) is 5. The molecule has 27 heavy (non-hydrogen) atoms. The standard InChI is InChI=1S/C21H23NO5/c1-23-16-8-13-6-15-19-12(7-18-20(21(19)25-3)27-11-26-18)4-5-22(15)10-14(13)9-17(16)24-2/h7-9,15H,4-6,10-11H2,1-3H3. The molecule has 0 N–H and O–H groups in total. The Labute approximate surface area is 158 Å². The molecule has 3 aliphatic heterocycles. The summed E-state index contributed by atoms with van der Waals surface area (Å²) in [6.07, 6.45) is 1.88. The maximum Gasteiger partial charge on any atom is 0.231 e. The summed E-state index contributed by atoms with van der Waals surface area (Å²) in [5, 5.41) is 0. The molecule has 0 spiro atoms. The third-order valence-corrected chi connectivity index (χ3v) is 5.88. The van der Waals surface area contributed by atoms with E-state index < -0.39 is 0 Å². The second-order valence-corrected chi connectivity index (χ2v) is 7.13. The fourth-order valence-corrected chi connectivity index (χ4v) is 4.60. The Morgan fingerprint density at radius 1 is 0.926 bits per heavy atom. The second kappa shape index (κ2) is 6.23. The van der Waals surface area contributed by atoms with E-state index in [0.29, 0.717) is 0 Å². The van der Waals surface area contributed by atoms with Gasteiger partial charge in [-0.05, 0) is 47.7 Å². The number of methoxy groups -OCH3 is 3. The Hall–Kier alpha value is -2.60. The van der Waals surface area contributed by atoms with Crippen molar-refractivity contribution in [3.8, 4) is 28.7 Å². The van der Waals surface area contributed by atoms with Gasteiger partial charge >= 0.3 is 0 Å². The molecular weight excluding hydrogens is 346 g/mol. The molecule has 0 aromatic heterocycles. The van der Waals surface area contributed by atoms with Crippen LogP contribution in [0.1, 0.15) is 28.3 Å².